The van der Waals surface area contributed by atoms with E-state index in [0.29, 0.717) is 18.0 Å². The number of nitrogens with one attached hydrogen (secondary N) is 1. The Balaban J connectivity index is 1.98. The third-order valence-electron chi connectivity index (χ3n) is 6.16. The second kappa shape index (κ2) is 13.1. The maximum absolute atomic E-state index is 13.8. The Morgan fingerprint density at radius 3 is 2.16 bits per heavy atom. The number of carbonyl (C=O) groups is 2. The molecule has 2 amide bonds. The molecule has 0 unspecified atom stereocenters. The van der Waals surface area contributed by atoms with Crippen molar-refractivity contribution in [2.45, 2.75) is 44.7 Å². The molecule has 0 aliphatic carbocycles. The highest BCUT2D eigenvalue weighted by Crippen LogP contribution is 2.25. The molecule has 0 aliphatic heterocycles. The van der Waals surface area contributed by atoms with E-state index in [2.05, 4.69) is 5.32 Å². The molecule has 202 valence electrons. The number of ether oxygens (including phenoxy) is 1. The van der Waals surface area contributed by atoms with Crippen LogP contribution in [0.5, 0.6) is 5.75 Å². The number of hydrogen-bond acceptors (Lipinski definition) is 5. The molecule has 0 saturated heterocycles. The number of anilines is 1. The maximum atomic E-state index is 13.8. The maximum Gasteiger partial charge on any atom is 0.264 e. The lowest BCUT2D eigenvalue weighted by Gasteiger charge is -2.32. The van der Waals surface area contributed by atoms with Gasteiger partial charge in [0, 0.05) is 13.1 Å². The summed E-state index contributed by atoms with van der Waals surface area (Å²) in [5.74, 6) is -0.138. The van der Waals surface area contributed by atoms with Gasteiger partial charge < -0.3 is 15.0 Å². The molecule has 3 rings (SSSR count). The summed E-state index contributed by atoms with van der Waals surface area (Å²) in [5, 5.41) is 2.83. The number of nitrogens with zero attached hydrogens (tertiary/aromatic N) is 2. The van der Waals surface area contributed by atoms with E-state index in [-0.39, 0.29) is 17.3 Å². The molecule has 0 bridgehead atoms. The van der Waals surface area contributed by atoms with Gasteiger partial charge in [0.15, 0.2) is 0 Å². The normalized spacial score (nSPS) is 11.9. The van der Waals surface area contributed by atoms with Gasteiger partial charge in [-0.05, 0) is 62.2 Å². The standard InChI is InChI=1S/C29H35N3O5S/c1-5-19-30-29(34)23(3)31(20-24-13-15-26(37-4)16-14-24)28(33)21-32(25-9-7-6-8-10-25)38(35,36)27-17-11-22(2)12-18-27/h6-18,23H,5,19-21H2,1-4H3,(H,30,34)/t23-/m0/s1. The number of carbonyl (C=O) groups excluding carboxylic acids is 2. The highest BCUT2D eigenvalue weighted by Gasteiger charge is 2.32. The summed E-state index contributed by atoms with van der Waals surface area (Å²) >= 11 is 0. The second-order valence-corrected chi connectivity index (χ2v) is 10.9. The lowest BCUT2D eigenvalue weighted by molar-refractivity contribution is -0.139. The first kappa shape index (κ1) is 28.7. The van der Waals surface area contributed by atoms with E-state index in [0.717, 1.165) is 21.9 Å². The molecule has 38 heavy (non-hydrogen) atoms. The Morgan fingerprint density at radius 2 is 1.58 bits per heavy atom. The fourth-order valence-electron chi connectivity index (χ4n) is 3.87. The molecule has 0 aromatic heterocycles. The number of para-hydroxylation sites is 1. The van der Waals surface area contributed by atoms with Gasteiger partial charge in [-0.3, -0.25) is 13.9 Å². The Bertz CT molecular complexity index is 1310. The molecular weight excluding hydrogens is 502 g/mol. The molecule has 0 aliphatic rings. The van der Waals surface area contributed by atoms with Crippen LogP contribution in [0.3, 0.4) is 0 Å². The van der Waals surface area contributed by atoms with Gasteiger partial charge in [-0.15, -0.1) is 0 Å². The average Bonchev–Trinajstić information content (AvgIpc) is 2.93. The summed E-state index contributed by atoms with van der Waals surface area (Å²) in [5.41, 5.74) is 2.06. The highest BCUT2D eigenvalue weighted by molar-refractivity contribution is 7.92. The first-order chi connectivity index (χ1) is 18.2. The van der Waals surface area contributed by atoms with Crippen LogP contribution >= 0.6 is 0 Å². The topological polar surface area (TPSA) is 96.0 Å². The van der Waals surface area contributed by atoms with Crippen molar-refractivity contribution in [3.8, 4) is 5.75 Å². The summed E-state index contributed by atoms with van der Waals surface area (Å²) in [6, 6.07) is 21.3. The number of sulfonamides is 1. The molecule has 3 aromatic rings. The van der Waals surface area contributed by atoms with Crippen molar-refractivity contribution >= 4 is 27.5 Å². The zero-order valence-corrected chi connectivity index (χ0v) is 23.1. The van der Waals surface area contributed by atoms with Crippen molar-refractivity contribution in [3.63, 3.8) is 0 Å². The van der Waals surface area contributed by atoms with Gasteiger partial charge in [-0.25, -0.2) is 8.42 Å². The summed E-state index contributed by atoms with van der Waals surface area (Å²) in [4.78, 5) is 28.2. The number of amides is 2. The van der Waals surface area contributed by atoms with Crippen LogP contribution in [0, 0.1) is 6.92 Å². The van der Waals surface area contributed by atoms with Crippen molar-refractivity contribution in [3.05, 3.63) is 90.0 Å². The molecule has 0 heterocycles. The Kier molecular flexibility index (Phi) is 9.90. The second-order valence-electron chi connectivity index (χ2n) is 9.00. The summed E-state index contributed by atoms with van der Waals surface area (Å²) in [6.07, 6.45) is 0.751. The number of rotatable bonds is 12. The molecular formula is C29H35N3O5S. The zero-order chi connectivity index (χ0) is 27.7. The molecule has 3 aromatic carbocycles. The molecule has 0 saturated carbocycles. The van der Waals surface area contributed by atoms with Gasteiger partial charge >= 0.3 is 0 Å². The number of benzene rings is 3. The van der Waals surface area contributed by atoms with E-state index in [9.17, 15) is 18.0 Å². The molecule has 0 radical (unpaired) electrons. The molecule has 0 fully saturated rings. The molecule has 0 spiro atoms. The minimum Gasteiger partial charge on any atom is -0.497 e. The van der Waals surface area contributed by atoms with E-state index in [1.54, 1.807) is 68.6 Å². The average molecular weight is 538 g/mol. The third-order valence-corrected chi connectivity index (χ3v) is 7.95. The van der Waals surface area contributed by atoms with Crippen LogP contribution in [-0.4, -0.2) is 51.4 Å². The molecule has 9 heteroatoms. The van der Waals surface area contributed by atoms with Crippen LogP contribution < -0.4 is 14.4 Å². The Labute approximate surface area is 225 Å². The predicted octanol–water partition coefficient (Wildman–Crippen LogP) is 4.14. The molecule has 8 nitrogen and oxygen atoms in total. The van der Waals surface area contributed by atoms with Crippen LogP contribution in [0.15, 0.2) is 83.8 Å². The van der Waals surface area contributed by atoms with Crippen LogP contribution in [-0.2, 0) is 26.2 Å². The first-order valence-corrected chi connectivity index (χ1v) is 14.0. The zero-order valence-electron chi connectivity index (χ0n) is 22.3. The monoisotopic (exact) mass is 537 g/mol. The summed E-state index contributed by atoms with van der Waals surface area (Å²) in [6.45, 7) is 5.59. The SMILES string of the molecule is CCCNC(=O)[C@H](C)N(Cc1ccc(OC)cc1)C(=O)CN(c1ccccc1)S(=O)(=O)c1ccc(C)cc1. The van der Waals surface area contributed by atoms with Crippen LogP contribution in [0.25, 0.3) is 0 Å². The smallest absolute Gasteiger partial charge is 0.264 e. The number of aryl methyl sites for hydroxylation is 1. The minimum atomic E-state index is -4.07. The molecule has 1 N–H and O–H groups in total. The van der Waals surface area contributed by atoms with Crippen LogP contribution in [0.4, 0.5) is 5.69 Å². The fraction of sp³-hybridized carbons (Fsp3) is 0.310. The number of hydrogen-bond donors (Lipinski definition) is 1. The van der Waals surface area contributed by atoms with Gasteiger partial charge in [0.1, 0.15) is 18.3 Å². The lowest BCUT2D eigenvalue weighted by atomic mass is 10.1. The Hall–Kier alpha value is -3.85. The van der Waals surface area contributed by atoms with Gasteiger partial charge in [0.25, 0.3) is 10.0 Å². The summed E-state index contributed by atoms with van der Waals surface area (Å²) < 4.78 is 33.8. The number of methoxy groups -OCH3 is 1. The van der Waals surface area contributed by atoms with Crippen molar-refractivity contribution in [2.24, 2.45) is 0 Å². The van der Waals surface area contributed by atoms with Crippen LogP contribution in [0.1, 0.15) is 31.4 Å². The molecule has 1 atom stereocenters. The first-order valence-electron chi connectivity index (χ1n) is 12.5. The van der Waals surface area contributed by atoms with Crippen molar-refractivity contribution in [2.75, 3.05) is 24.5 Å². The van der Waals surface area contributed by atoms with E-state index >= 15 is 0 Å². The van der Waals surface area contributed by atoms with Crippen molar-refractivity contribution in [1.29, 1.82) is 0 Å². The van der Waals surface area contributed by atoms with E-state index in [1.165, 1.54) is 17.0 Å². The predicted molar refractivity (Wildman–Crippen MR) is 148 cm³/mol. The van der Waals surface area contributed by atoms with Gasteiger partial charge in [-0.1, -0.05) is 55.0 Å². The summed E-state index contributed by atoms with van der Waals surface area (Å²) in [7, 11) is -2.51. The van der Waals surface area contributed by atoms with Crippen molar-refractivity contribution in [1.82, 2.24) is 10.2 Å². The van der Waals surface area contributed by atoms with Crippen molar-refractivity contribution < 1.29 is 22.7 Å². The quantitative estimate of drug-likeness (QED) is 0.375. The van der Waals surface area contributed by atoms with Crippen LogP contribution in [0.2, 0.25) is 0 Å². The largest absolute Gasteiger partial charge is 0.497 e. The van der Waals surface area contributed by atoms with E-state index < -0.39 is 28.5 Å². The lowest BCUT2D eigenvalue weighted by Crippen LogP contribution is -2.51. The highest BCUT2D eigenvalue weighted by atomic mass is 32.2. The van der Waals surface area contributed by atoms with Gasteiger partial charge in [0.2, 0.25) is 11.8 Å². The van der Waals surface area contributed by atoms with E-state index in [1.807, 2.05) is 26.0 Å². The third kappa shape index (κ3) is 7.13. The fourth-order valence-corrected chi connectivity index (χ4v) is 5.28. The Morgan fingerprint density at radius 1 is 0.947 bits per heavy atom. The van der Waals surface area contributed by atoms with Gasteiger partial charge in [-0.2, -0.15) is 0 Å². The van der Waals surface area contributed by atoms with E-state index in [4.69, 9.17) is 4.74 Å². The van der Waals surface area contributed by atoms with Gasteiger partial charge in [0.05, 0.1) is 17.7 Å². The minimum absolute atomic E-state index is 0.0789.